The van der Waals surface area contributed by atoms with Crippen LogP contribution in [0, 0.1) is 0 Å². The minimum Gasteiger partial charge on any atom is -0.399 e. The van der Waals surface area contributed by atoms with Crippen LogP contribution in [0.1, 0.15) is 5.69 Å². The monoisotopic (exact) mass is 436 g/mol. The summed E-state index contributed by atoms with van der Waals surface area (Å²) in [7, 11) is 0. The fraction of sp³-hybridized carbons (Fsp3) is 0.0370. The summed E-state index contributed by atoms with van der Waals surface area (Å²) in [6.45, 7) is 0.545. The maximum Gasteiger partial charge on any atom is 0.139 e. The Morgan fingerprint density at radius 1 is 0.781 bits per heavy atom. The molecule has 0 bridgehead atoms. The number of hydrogen-bond acceptors (Lipinski definition) is 4. The van der Waals surface area contributed by atoms with Crippen molar-refractivity contribution in [1.29, 1.82) is 0 Å². The second-order valence-corrected chi connectivity index (χ2v) is 7.88. The standard InChI is InChI=1S/C27H21ClN4/c28-26-24(19-12-14-20(29)15-13-19)23-11-6-10-22(18-7-2-1-3-8-18)25(23)27(32-26)31-17-21-9-4-5-16-30-21/h1-16H,17,29H2,(H,31,32). The first-order chi connectivity index (χ1) is 15.7. The first-order valence-corrected chi connectivity index (χ1v) is 10.8. The highest BCUT2D eigenvalue weighted by atomic mass is 35.5. The molecule has 5 rings (SSSR count). The summed E-state index contributed by atoms with van der Waals surface area (Å²) in [6, 6.07) is 30.2. The van der Waals surface area contributed by atoms with E-state index in [1.807, 2.05) is 60.7 Å². The summed E-state index contributed by atoms with van der Waals surface area (Å²) in [5.41, 5.74) is 11.6. The lowest BCUT2D eigenvalue weighted by Crippen LogP contribution is -2.05. The molecule has 156 valence electrons. The Morgan fingerprint density at radius 3 is 2.31 bits per heavy atom. The summed E-state index contributed by atoms with van der Waals surface area (Å²) in [6.07, 6.45) is 1.79. The number of nitrogens with zero attached hydrogens (tertiary/aromatic N) is 2. The van der Waals surface area contributed by atoms with Gasteiger partial charge in [0.15, 0.2) is 0 Å². The molecule has 0 unspecified atom stereocenters. The zero-order valence-corrected chi connectivity index (χ0v) is 18.1. The predicted molar refractivity (Wildman–Crippen MR) is 134 cm³/mol. The van der Waals surface area contributed by atoms with Gasteiger partial charge in [0.25, 0.3) is 0 Å². The van der Waals surface area contributed by atoms with Gasteiger partial charge in [0, 0.05) is 22.8 Å². The van der Waals surface area contributed by atoms with Crippen LogP contribution in [0.5, 0.6) is 0 Å². The number of hydrogen-bond donors (Lipinski definition) is 2. The molecule has 0 aliphatic carbocycles. The van der Waals surface area contributed by atoms with Gasteiger partial charge in [0.05, 0.1) is 12.2 Å². The minimum absolute atomic E-state index is 0.441. The molecule has 0 saturated carbocycles. The average Bonchev–Trinajstić information content (AvgIpc) is 2.84. The van der Waals surface area contributed by atoms with Crippen LogP contribution in [-0.4, -0.2) is 9.97 Å². The summed E-state index contributed by atoms with van der Waals surface area (Å²) in [4.78, 5) is 9.21. The molecular weight excluding hydrogens is 416 g/mol. The first kappa shape index (κ1) is 20.0. The Morgan fingerprint density at radius 2 is 1.56 bits per heavy atom. The highest BCUT2D eigenvalue weighted by Crippen LogP contribution is 2.41. The fourth-order valence-electron chi connectivity index (χ4n) is 3.92. The van der Waals surface area contributed by atoms with Crippen LogP contribution in [0.15, 0.2) is 97.2 Å². The molecular formula is C27H21ClN4. The largest absolute Gasteiger partial charge is 0.399 e. The van der Waals surface area contributed by atoms with Crippen molar-refractivity contribution in [2.24, 2.45) is 0 Å². The Bertz CT molecular complexity index is 1370. The van der Waals surface area contributed by atoms with Gasteiger partial charge in [-0.25, -0.2) is 4.98 Å². The highest BCUT2D eigenvalue weighted by Gasteiger charge is 2.18. The molecule has 3 aromatic carbocycles. The molecule has 32 heavy (non-hydrogen) atoms. The van der Waals surface area contributed by atoms with E-state index in [-0.39, 0.29) is 0 Å². The molecule has 4 nitrogen and oxygen atoms in total. The van der Waals surface area contributed by atoms with Crippen molar-refractivity contribution in [3.63, 3.8) is 0 Å². The van der Waals surface area contributed by atoms with Crippen LogP contribution in [0.3, 0.4) is 0 Å². The van der Waals surface area contributed by atoms with Crippen molar-refractivity contribution in [2.75, 3.05) is 11.1 Å². The third kappa shape index (κ3) is 3.88. The van der Waals surface area contributed by atoms with Crippen LogP contribution in [0.25, 0.3) is 33.0 Å². The normalized spacial score (nSPS) is 10.9. The molecule has 0 atom stereocenters. The Labute approximate surface area is 191 Å². The van der Waals surface area contributed by atoms with Gasteiger partial charge in [-0.2, -0.15) is 0 Å². The van der Waals surface area contributed by atoms with Crippen molar-refractivity contribution >= 4 is 33.9 Å². The van der Waals surface area contributed by atoms with Gasteiger partial charge in [0.2, 0.25) is 0 Å². The van der Waals surface area contributed by atoms with Crippen molar-refractivity contribution < 1.29 is 0 Å². The van der Waals surface area contributed by atoms with E-state index in [1.54, 1.807) is 6.20 Å². The van der Waals surface area contributed by atoms with E-state index in [0.29, 0.717) is 17.4 Å². The van der Waals surface area contributed by atoms with Crippen molar-refractivity contribution in [3.8, 4) is 22.3 Å². The summed E-state index contributed by atoms with van der Waals surface area (Å²) >= 11 is 6.76. The smallest absolute Gasteiger partial charge is 0.139 e. The SMILES string of the molecule is Nc1ccc(-c2c(Cl)nc(NCc3ccccn3)c3c(-c4ccccc4)cccc23)cc1. The molecule has 0 spiro atoms. The highest BCUT2D eigenvalue weighted by molar-refractivity contribution is 6.34. The third-order valence-corrected chi connectivity index (χ3v) is 5.71. The Balaban J connectivity index is 1.73. The second-order valence-electron chi connectivity index (χ2n) is 7.52. The number of nitrogens with two attached hydrogens (primary N) is 1. The van der Waals surface area contributed by atoms with Crippen molar-refractivity contribution in [3.05, 3.63) is 108 Å². The van der Waals surface area contributed by atoms with Crippen LogP contribution in [0.4, 0.5) is 11.5 Å². The molecule has 5 heteroatoms. The lowest BCUT2D eigenvalue weighted by Gasteiger charge is -2.17. The van der Waals surface area contributed by atoms with Crippen LogP contribution in [-0.2, 0) is 6.54 Å². The zero-order valence-electron chi connectivity index (χ0n) is 17.3. The number of rotatable bonds is 5. The van der Waals surface area contributed by atoms with Gasteiger partial charge < -0.3 is 11.1 Å². The molecule has 2 aromatic heterocycles. The Kier molecular flexibility index (Phi) is 5.44. The van der Waals surface area contributed by atoms with E-state index in [1.165, 1.54) is 0 Å². The van der Waals surface area contributed by atoms with Gasteiger partial charge in [0.1, 0.15) is 11.0 Å². The van der Waals surface area contributed by atoms with Gasteiger partial charge >= 0.3 is 0 Å². The minimum atomic E-state index is 0.441. The van der Waals surface area contributed by atoms with E-state index in [0.717, 1.165) is 44.5 Å². The van der Waals surface area contributed by atoms with E-state index in [9.17, 15) is 0 Å². The molecule has 0 saturated heterocycles. The second kappa shape index (κ2) is 8.69. The predicted octanol–water partition coefficient (Wildman–Crippen LogP) is 6.81. The van der Waals surface area contributed by atoms with E-state index >= 15 is 0 Å². The molecule has 0 fully saturated rings. The van der Waals surface area contributed by atoms with Gasteiger partial charge in [-0.3, -0.25) is 4.98 Å². The fourth-order valence-corrected chi connectivity index (χ4v) is 4.22. The number of nitrogens with one attached hydrogen (secondary N) is 1. The number of aromatic nitrogens is 2. The summed E-state index contributed by atoms with van der Waals surface area (Å²) < 4.78 is 0. The Hall–Kier alpha value is -3.89. The van der Waals surface area contributed by atoms with E-state index in [4.69, 9.17) is 22.3 Å². The molecule has 2 heterocycles. The van der Waals surface area contributed by atoms with Crippen LogP contribution >= 0.6 is 11.6 Å². The number of halogens is 1. The number of anilines is 2. The molecule has 5 aromatic rings. The number of pyridine rings is 2. The third-order valence-electron chi connectivity index (χ3n) is 5.43. The van der Waals surface area contributed by atoms with Gasteiger partial charge in [-0.15, -0.1) is 0 Å². The number of nitrogen functional groups attached to an aromatic ring is 1. The quantitative estimate of drug-likeness (QED) is 0.234. The first-order valence-electron chi connectivity index (χ1n) is 10.4. The molecule has 3 N–H and O–H groups in total. The summed E-state index contributed by atoms with van der Waals surface area (Å²) in [5.74, 6) is 0.731. The lowest BCUT2D eigenvalue weighted by molar-refractivity contribution is 1.03. The van der Waals surface area contributed by atoms with Crippen molar-refractivity contribution in [1.82, 2.24) is 9.97 Å². The number of benzene rings is 3. The number of fused-ring (bicyclic) bond motifs is 1. The van der Waals surface area contributed by atoms with Gasteiger partial charge in [-0.1, -0.05) is 78.3 Å². The van der Waals surface area contributed by atoms with Gasteiger partial charge in [-0.05, 0) is 46.3 Å². The molecule has 0 aliphatic rings. The summed E-state index contributed by atoms with van der Waals surface area (Å²) in [5, 5.41) is 5.95. The topological polar surface area (TPSA) is 63.8 Å². The maximum atomic E-state index is 6.76. The van der Waals surface area contributed by atoms with Crippen LogP contribution in [0.2, 0.25) is 5.15 Å². The van der Waals surface area contributed by atoms with E-state index in [2.05, 4.69) is 40.6 Å². The molecule has 0 amide bonds. The average molecular weight is 437 g/mol. The van der Waals surface area contributed by atoms with Crippen LogP contribution < -0.4 is 11.1 Å². The maximum absolute atomic E-state index is 6.76. The molecule has 0 aliphatic heterocycles. The van der Waals surface area contributed by atoms with E-state index < -0.39 is 0 Å². The van der Waals surface area contributed by atoms with Crippen molar-refractivity contribution in [2.45, 2.75) is 6.54 Å². The lowest BCUT2D eigenvalue weighted by atomic mass is 9.94. The zero-order chi connectivity index (χ0) is 21.9. The molecule has 0 radical (unpaired) electrons.